The van der Waals surface area contributed by atoms with Crippen molar-refractivity contribution in [1.82, 2.24) is 15.2 Å². The van der Waals surface area contributed by atoms with E-state index in [-0.39, 0.29) is 24.0 Å². The van der Waals surface area contributed by atoms with Gasteiger partial charge in [0.05, 0.1) is 24.9 Å². The third-order valence-corrected chi connectivity index (χ3v) is 5.24. The van der Waals surface area contributed by atoms with Crippen molar-refractivity contribution in [2.75, 3.05) is 34.9 Å². The second kappa shape index (κ2) is 11.3. The quantitative estimate of drug-likeness (QED) is 0.355. The first kappa shape index (κ1) is 23.5. The van der Waals surface area contributed by atoms with Gasteiger partial charge in [0.1, 0.15) is 11.5 Å². The van der Waals surface area contributed by atoms with E-state index in [4.69, 9.17) is 9.47 Å². The van der Waals surface area contributed by atoms with Crippen molar-refractivity contribution in [2.24, 2.45) is 4.99 Å². The van der Waals surface area contributed by atoms with E-state index in [2.05, 4.69) is 27.1 Å². The summed E-state index contributed by atoms with van der Waals surface area (Å²) in [6.45, 7) is 5.62. The van der Waals surface area contributed by atoms with Crippen molar-refractivity contribution in [3.05, 3.63) is 39.3 Å². The lowest BCUT2D eigenvalue weighted by Gasteiger charge is -2.23. The summed E-state index contributed by atoms with van der Waals surface area (Å²) in [6, 6.07) is 5.86. The summed E-state index contributed by atoms with van der Waals surface area (Å²) in [5, 5.41) is 4.54. The number of nitrogens with zero attached hydrogens (tertiary/aromatic N) is 3. The van der Waals surface area contributed by atoms with Crippen molar-refractivity contribution >= 4 is 41.3 Å². The summed E-state index contributed by atoms with van der Waals surface area (Å²) in [5.74, 6) is 2.44. The highest BCUT2D eigenvalue weighted by Gasteiger charge is 2.12. The lowest BCUT2D eigenvalue weighted by atomic mass is 10.2. The Kier molecular flexibility index (Phi) is 9.86. The maximum atomic E-state index is 5.48. The first-order valence-corrected chi connectivity index (χ1v) is 9.35. The molecule has 8 heteroatoms. The monoisotopic (exact) mass is 504 g/mol. The molecule has 1 N–H and O–H groups in total. The van der Waals surface area contributed by atoms with Gasteiger partial charge in [0.25, 0.3) is 0 Å². The fourth-order valence-electron chi connectivity index (χ4n) is 2.79. The van der Waals surface area contributed by atoms with Gasteiger partial charge in [-0.05, 0) is 26.0 Å². The number of thiazole rings is 1. The minimum Gasteiger partial charge on any atom is -0.497 e. The molecule has 0 aliphatic rings. The fraction of sp³-hybridized carbons (Fsp3) is 0.474. The molecule has 150 valence electrons. The Balaban J connectivity index is 0.00000364. The van der Waals surface area contributed by atoms with E-state index in [1.165, 1.54) is 4.88 Å². The molecule has 0 spiro atoms. The molecule has 0 saturated heterocycles. The SMILES string of the molecule is CN=C(NCCc1sc(C)nc1C)N(C)Cc1ccc(OC)cc1OC.I. The van der Waals surface area contributed by atoms with E-state index in [1.807, 2.05) is 32.2 Å². The number of benzene rings is 1. The largest absolute Gasteiger partial charge is 0.497 e. The van der Waals surface area contributed by atoms with Crippen LogP contribution in [0.15, 0.2) is 23.2 Å². The molecule has 0 unspecified atom stereocenters. The third kappa shape index (κ3) is 6.53. The Hall–Kier alpha value is -1.55. The van der Waals surface area contributed by atoms with Crippen molar-refractivity contribution in [2.45, 2.75) is 26.8 Å². The Labute approximate surface area is 183 Å². The van der Waals surface area contributed by atoms with Gasteiger partial charge in [-0.2, -0.15) is 0 Å². The number of methoxy groups -OCH3 is 2. The van der Waals surface area contributed by atoms with Crippen LogP contribution in [-0.4, -0.2) is 50.7 Å². The van der Waals surface area contributed by atoms with Gasteiger partial charge < -0.3 is 19.7 Å². The summed E-state index contributed by atoms with van der Waals surface area (Å²) in [5.41, 5.74) is 2.20. The van der Waals surface area contributed by atoms with E-state index in [0.29, 0.717) is 6.54 Å². The zero-order valence-electron chi connectivity index (χ0n) is 16.8. The first-order chi connectivity index (χ1) is 12.5. The number of rotatable bonds is 7. The minimum absolute atomic E-state index is 0. The molecule has 0 fully saturated rings. The Morgan fingerprint density at radius 3 is 2.56 bits per heavy atom. The van der Waals surface area contributed by atoms with E-state index in [9.17, 15) is 0 Å². The molecule has 6 nitrogen and oxygen atoms in total. The van der Waals surface area contributed by atoms with Crippen LogP contribution in [0.2, 0.25) is 0 Å². The van der Waals surface area contributed by atoms with Crippen LogP contribution in [0.25, 0.3) is 0 Å². The van der Waals surface area contributed by atoms with E-state index in [1.54, 1.807) is 32.6 Å². The lowest BCUT2D eigenvalue weighted by Crippen LogP contribution is -2.39. The molecule has 2 aromatic rings. The summed E-state index contributed by atoms with van der Waals surface area (Å²) >= 11 is 1.76. The van der Waals surface area contributed by atoms with Gasteiger partial charge >= 0.3 is 0 Å². The number of aromatic nitrogens is 1. The molecular formula is C19H29IN4O2S. The van der Waals surface area contributed by atoms with Crippen LogP contribution >= 0.6 is 35.3 Å². The second-order valence-electron chi connectivity index (χ2n) is 6.00. The number of halogens is 1. The molecule has 0 radical (unpaired) electrons. The molecule has 0 aliphatic carbocycles. The maximum absolute atomic E-state index is 5.48. The van der Waals surface area contributed by atoms with Crippen LogP contribution in [0.3, 0.4) is 0 Å². The molecule has 27 heavy (non-hydrogen) atoms. The maximum Gasteiger partial charge on any atom is 0.193 e. The van der Waals surface area contributed by atoms with Crippen LogP contribution in [0.5, 0.6) is 11.5 Å². The molecule has 0 amide bonds. The highest BCUT2D eigenvalue weighted by molar-refractivity contribution is 14.0. The standard InChI is InChI=1S/C19H28N4O2S.HI/c1-13-18(26-14(2)22-13)9-10-21-19(20-3)23(4)12-15-7-8-16(24-5)11-17(15)25-6;/h7-8,11H,9-10,12H2,1-6H3,(H,20,21);1H. The van der Waals surface area contributed by atoms with Crippen molar-refractivity contribution < 1.29 is 9.47 Å². The van der Waals surface area contributed by atoms with E-state index >= 15 is 0 Å². The van der Waals surface area contributed by atoms with Gasteiger partial charge in [0.15, 0.2) is 5.96 Å². The Morgan fingerprint density at radius 2 is 2.00 bits per heavy atom. The predicted molar refractivity (Wildman–Crippen MR) is 123 cm³/mol. The van der Waals surface area contributed by atoms with Gasteiger partial charge in [0, 0.05) is 50.1 Å². The summed E-state index contributed by atoms with van der Waals surface area (Å²) in [7, 11) is 7.14. The molecule has 0 aliphatic heterocycles. The van der Waals surface area contributed by atoms with Crippen molar-refractivity contribution in [1.29, 1.82) is 0 Å². The number of aryl methyl sites for hydroxylation is 2. The van der Waals surface area contributed by atoms with E-state index in [0.717, 1.165) is 46.7 Å². The number of ether oxygens (including phenoxy) is 2. The van der Waals surface area contributed by atoms with Gasteiger partial charge in [-0.15, -0.1) is 35.3 Å². The second-order valence-corrected chi connectivity index (χ2v) is 7.29. The normalized spacial score (nSPS) is 11.0. The topological polar surface area (TPSA) is 59.0 Å². The number of hydrogen-bond acceptors (Lipinski definition) is 5. The number of nitrogens with one attached hydrogen (secondary N) is 1. The number of guanidine groups is 1. The van der Waals surface area contributed by atoms with Crippen LogP contribution in [-0.2, 0) is 13.0 Å². The van der Waals surface area contributed by atoms with Crippen LogP contribution in [0, 0.1) is 13.8 Å². The molecule has 0 saturated carbocycles. The molecule has 1 aromatic heterocycles. The molecule has 2 rings (SSSR count). The average molecular weight is 504 g/mol. The average Bonchev–Trinajstić information content (AvgIpc) is 2.96. The number of aliphatic imine (C=N–C) groups is 1. The molecule has 0 atom stereocenters. The van der Waals surface area contributed by atoms with Crippen LogP contribution < -0.4 is 14.8 Å². The lowest BCUT2D eigenvalue weighted by molar-refractivity contribution is 0.382. The van der Waals surface area contributed by atoms with Gasteiger partial charge in [-0.25, -0.2) is 4.98 Å². The molecule has 0 bridgehead atoms. The van der Waals surface area contributed by atoms with Gasteiger partial charge in [-0.3, -0.25) is 4.99 Å². The van der Waals surface area contributed by atoms with Crippen molar-refractivity contribution in [3.63, 3.8) is 0 Å². The van der Waals surface area contributed by atoms with E-state index < -0.39 is 0 Å². The summed E-state index contributed by atoms with van der Waals surface area (Å²) in [6.07, 6.45) is 0.941. The Morgan fingerprint density at radius 1 is 1.26 bits per heavy atom. The highest BCUT2D eigenvalue weighted by Crippen LogP contribution is 2.25. The van der Waals surface area contributed by atoms with Crippen LogP contribution in [0.4, 0.5) is 0 Å². The summed E-state index contributed by atoms with van der Waals surface area (Å²) in [4.78, 5) is 12.3. The summed E-state index contributed by atoms with van der Waals surface area (Å²) < 4.78 is 10.7. The molecule has 1 heterocycles. The third-order valence-electron chi connectivity index (χ3n) is 4.11. The molecule has 1 aromatic carbocycles. The van der Waals surface area contributed by atoms with Gasteiger partial charge in [-0.1, -0.05) is 0 Å². The van der Waals surface area contributed by atoms with Crippen LogP contribution in [0.1, 0.15) is 21.1 Å². The first-order valence-electron chi connectivity index (χ1n) is 8.54. The fourth-order valence-corrected chi connectivity index (χ4v) is 3.73. The number of hydrogen-bond donors (Lipinski definition) is 1. The zero-order valence-corrected chi connectivity index (χ0v) is 20.0. The minimum atomic E-state index is 0. The Bertz CT molecular complexity index is 764. The van der Waals surface area contributed by atoms with Gasteiger partial charge in [0.2, 0.25) is 0 Å². The predicted octanol–water partition coefficient (Wildman–Crippen LogP) is 3.65. The molecular weight excluding hydrogens is 475 g/mol. The highest BCUT2D eigenvalue weighted by atomic mass is 127. The smallest absolute Gasteiger partial charge is 0.193 e. The zero-order chi connectivity index (χ0) is 19.1. The van der Waals surface area contributed by atoms with Crippen molar-refractivity contribution in [3.8, 4) is 11.5 Å².